The second-order valence-electron chi connectivity index (χ2n) is 8.67. The number of nitrogens with zero attached hydrogens (tertiary/aromatic N) is 5. The second kappa shape index (κ2) is 8.29. The maximum Gasteiger partial charge on any atom is 0.269 e. The van der Waals surface area contributed by atoms with E-state index in [1.807, 2.05) is 6.92 Å². The number of aromatic nitrogens is 2. The maximum absolute atomic E-state index is 15.1. The van der Waals surface area contributed by atoms with Gasteiger partial charge in [-0.25, -0.2) is 9.24 Å². The van der Waals surface area contributed by atoms with E-state index >= 15 is 4.39 Å². The molecule has 1 aliphatic carbocycles. The Morgan fingerprint density at radius 1 is 1.23 bits per heavy atom. The molecule has 1 aromatic heterocycles. The summed E-state index contributed by atoms with van der Waals surface area (Å²) in [4.78, 5) is 32.4. The third kappa shape index (κ3) is 3.65. The third-order valence-electron chi connectivity index (χ3n) is 6.48. The molecule has 0 unspecified atom stereocenters. The highest BCUT2D eigenvalue weighted by molar-refractivity contribution is 7.81. The lowest BCUT2D eigenvalue weighted by Crippen LogP contribution is -2.37. The first-order chi connectivity index (χ1) is 16.8. The van der Waals surface area contributed by atoms with E-state index in [9.17, 15) is 9.59 Å². The van der Waals surface area contributed by atoms with E-state index in [0.717, 1.165) is 5.56 Å². The third-order valence-corrected chi connectivity index (χ3v) is 6.85. The van der Waals surface area contributed by atoms with Crippen molar-refractivity contribution in [3.63, 3.8) is 0 Å². The lowest BCUT2D eigenvalue weighted by molar-refractivity contribution is -0.118. The van der Waals surface area contributed by atoms with Crippen LogP contribution in [0.3, 0.4) is 0 Å². The Balaban J connectivity index is 1.39. The van der Waals surface area contributed by atoms with Gasteiger partial charge in [0.05, 0.1) is 6.57 Å². The van der Waals surface area contributed by atoms with Gasteiger partial charge in [0.2, 0.25) is 0 Å². The van der Waals surface area contributed by atoms with Crippen LogP contribution in [0.4, 0.5) is 21.5 Å². The van der Waals surface area contributed by atoms with Crippen molar-refractivity contribution >= 4 is 46.2 Å². The molecule has 1 saturated carbocycles. The zero-order chi connectivity index (χ0) is 24.9. The van der Waals surface area contributed by atoms with Gasteiger partial charge in [0.25, 0.3) is 11.8 Å². The number of carbonyl (C=O) groups is 2. The van der Waals surface area contributed by atoms with Crippen molar-refractivity contribution in [2.45, 2.75) is 31.8 Å². The fourth-order valence-corrected chi connectivity index (χ4v) is 4.87. The molecule has 5 rings (SSSR count). The standard InChI is InChI=1S/C25H21FN6O2S/c1-15-12-17(6-7-20(15)27-2)31-23(34)25(9-10-25)32(24(31)35)18-5-4-16(19(26)13-18)14-28-22(33)21-8-11-29-30(21)3/h4-8,11-13H,9-10,14H2,1,3H3,(H,28,33). The Hall–Kier alpha value is -4.10. The van der Waals surface area contributed by atoms with Crippen LogP contribution in [0, 0.1) is 19.3 Å². The van der Waals surface area contributed by atoms with E-state index in [1.165, 1.54) is 21.8 Å². The van der Waals surface area contributed by atoms with Crippen molar-refractivity contribution in [3.05, 3.63) is 82.7 Å². The number of halogens is 1. The molecule has 0 bridgehead atoms. The van der Waals surface area contributed by atoms with Gasteiger partial charge < -0.3 is 10.2 Å². The van der Waals surface area contributed by atoms with Crippen molar-refractivity contribution in [3.8, 4) is 0 Å². The van der Waals surface area contributed by atoms with E-state index in [0.29, 0.717) is 41.2 Å². The molecule has 2 fully saturated rings. The van der Waals surface area contributed by atoms with Crippen molar-refractivity contribution in [1.29, 1.82) is 0 Å². The van der Waals surface area contributed by atoms with Crippen LogP contribution < -0.4 is 15.1 Å². The summed E-state index contributed by atoms with van der Waals surface area (Å²) in [5.74, 6) is -1.01. The minimum Gasteiger partial charge on any atom is -0.347 e. The number of benzene rings is 2. The number of anilines is 2. The van der Waals surface area contributed by atoms with Crippen LogP contribution in [-0.2, 0) is 18.4 Å². The predicted octanol–water partition coefficient (Wildman–Crippen LogP) is 4.02. The van der Waals surface area contributed by atoms with Crippen LogP contribution in [0.1, 0.15) is 34.5 Å². The Labute approximate surface area is 206 Å². The number of rotatable bonds is 5. The molecule has 10 heteroatoms. The molecule has 1 aliphatic heterocycles. The molecule has 0 atom stereocenters. The number of aryl methyl sites for hydroxylation is 2. The lowest BCUT2D eigenvalue weighted by atomic mass is 10.1. The van der Waals surface area contributed by atoms with Gasteiger partial charge in [0, 0.05) is 36.7 Å². The molecule has 1 spiro atoms. The van der Waals surface area contributed by atoms with E-state index in [1.54, 1.807) is 48.3 Å². The van der Waals surface area contributed by atoms with Crippen LogP contribution in [0.15, 0.2) is 48.7 Å². The monoisotopic (exact) mass is 488 g/mol. The van der Waals surface area contributed by atoms with Gasteiger partial charge >= 0.3 is 0 Å². The van der Waals surface area contributed by atoms with Gasteiger partial charge in [-0.1, -0.05) is 12.1 Å². The smallest absolute Gasteiger partial charge is 0.269 e. The van der Waals surface area contributed by atoms with Crippen molar-refractivity contribution in [2.75, 3.05) is 9.80 Å². The number of carbonyl (C=O) groups excluding carboxylic acids is 2. The molecule has 1 saturated heterocycles. The number of nitrogens with one attached hydrogen (secondary N) is 1. The summed E-state index contributed by atoms with van der Waals surface area (Å²) >= 11 is 5.70. The topological polar surface area (TPSA) is 74.8 Å². The largest absolute Gasteiger partial charge is 0.347 e. The second-order valence-corrected chi connectivity index (χ2v) is 9.04. The highest BCUT2D eigenvalue weighted by atomic mass is 32.1. The van der Waals surface area contributed by atoms with Crippen molar-refractivity contribution < 1.29 is 14.0 Å². The molecule has 8 nitrogen and oxygen atoms in total. The molecule has 3 aromatic rings. The highest BCUT2D eigenvalue weighted by Gasteiger charge is 2.64. The molecular formula is C25H21FN6O2S. The summed E-state index contributed by atoms with van der Waals surface area (Å²) < 4.78 is 16.5. The summed E-state index contributed by atoms with van der Waals surface area (Å²) in [6.07, 6.45) is 2.75. The fourth-order valence-electron chi connectivity index (χ4n) is 4.40. The molecule has 0 radical (unpaired) electrons. The molecule has 2 aliphatic rings. The quantitative estimate of drug-likeness (QED) is 0.434. The summed E-state index contributed by atoms with van der Waals surface area (Å²) in [5.41, 5.74) is 2.21. The van der Waals surface area contributed by atoms with E-state index in [-0.39, 0.29) is 23.5 Å². The number of thiocarbonyl (C=S) groups is 1. The number of amides is 2. The normalized spacial score (nSPS) is 16.1. The van der Waals surface area contributed by atoms with Gasteiger partial charge in [0.15, 0.2) is 10.8 Å². The molecule has 2 amide bonds. The van der Waals surface area contributed by atoms with Crippen molar-refractivity contribution in [1.82, 2.24) is 15.1 Å². The van der Waals surface area contributed by atoms with E-state index in [4.69, 9.17) is 18.8 Å². The molecule has 2 aromatic carbocycles. The molecule has 2 heterocycles. The SMILES string of the molecule is [C-]#[N+]c1ccc(N2C(=O)C3(CC3)N(c3ccc(CNC(=O)c4ccnn4C)c(F)c3)C2=S)cc1C. The lowest BCUT2D eigenvalue weighted by Gasteiger charge is -2.24. The number of hydrogen-bond donors (Lipinski definition) is 1. The summed E-state index contributed by atoms with van der Waals surface area (Å²) in [6, 6.07) is 11.4. The van der Waals surface area contributed by atoms with E-state index < -0.39 is 11.4 Å². The minimum absolute atomic E-state index is 0.00342. The van der Waals surface area contributed by atoms with Gasteiger partial charge in [-0.05, 0) is 67.9 Å². The summed E-state index contributed by atoms with van der Waals surface area (Å²) in [6.45, 7) is 9.06. The average Bonchev–Trinajstić information content (AvgIpc) is 3.45. The Morgan fingerprint density at radius 3 is 2.57 bits per heavy atom. The number of hydrogen-bond acceptors (Lipinski definition) is 4. The first kappa shape index (κ1) is 22.7. The first-order valence-electron chi connectivity index (χ1n) is 11.0. The van der Waals surface area contributed by atoms with E-state index in [2.05, 4.69) is 15.3 Å². The van der Waals surface area contributed by atoms with Gasteiger partial charge in [0.1, 0.15) is 17.1 Å². The van der Waals surface area contributed by atoms with Gasteiger partial charge in [-0.15, -0.1) is 0 Å². The Bertz CT molecular complexity index is 1440. The average molecular weight is 489 g/mol. The molecule has 176 valence electrons. The van der Waals surface area contributed by atoms with Crippen LogP contribution in [0.2, 0.25) is 0 Å². The van der Waals surface area contributed by atoms with Gasteiger partial charge in [-0.3, -0.25) is 19.2 Å². The van der Waals surface area contributed by atoms with Crippen LogP contribution in [-0.4, -0.2) is 32.2 Å². The zero-order valence-corrected chi connectivity index (χ0v) is 19.9. The molecular weight excluding hydrogens is 467 g/mol. The molecule has 35 heavy (non-hydrogen) atoms. The highest BCUT2D eigenvalue weighted by Crippen LogP contribution is 2.51. The minimum atomic E-state index is -0.814. The Kier molecular flexibility index (Phi) is 5.37. The maximum atomic E-state index is 15.1. The van der Waals surface area contributed by atoms with Crippen LogP contribution in [0.25, 0.3) is 4.85 Å². The van der Waals surface area contributed by atoms with Crippen LogP contribution >= 0.6 is 12.2 Å². The fraction of sp³-hybridized carbons (Fsp3) is 0.240. The summed E-state index contributed by atoms with van der Waals surface area (Å²) in [7, 11) is 1.65. The Morgan fingerprint density at radius 2 is 1.97 bits per heavy atom. The van der Waals surface area contributed by atoms with Crippen LogP contribution in [0.5, 0.6) is 0 Å². The van der Waals surface area contributed by atoms with Crippen molar-refractivity contribution in [2.24, 2.45) is 7.05 Å². The molecule has 1 N–H and O–H groups in total. The first-order valence-corrected chi connectivity index (χ1v) is 11.4. The summed E-state index contributed by atoms with van der Waals surface area (Å²) in [5, 5.41) is 6.93. The van der Waals surface area contributed by atoms with Gasteiger partial charge in [-0.2, -0.15) is 5.10 Å². The zero-order valence-electron chi connectivity index (χ0n) is 19.1. The predicted molar refractivity (Wildman–Crippen MR) is 133 cm³/mol.